The molecule has 1 aliphatic heterocycles. The van der Waals surface area contributed by atoms with Crippen molar-refractivity contribution in [3.05, 3.63) is 41.1 Å². The van der Waals surface area contributed by atoms with Crippen LogP contribution in [0.15, 0.2) is 34.9 Å². The van der Waals surface area contributed by atoms with E-state index in [-0.39, 0.29) is 11.7 Å². The van der Waals surface area contributed by atoms with E-state index in [0.29, 0.717) is 23.2 Å². The Hall–Kier alpha value is -1.85. The van der Waals surface area contributed by atoms with Crippen molar-refractivity contribution >= 4 is 17.5 Å². The van der Waals surface area contributed by atoms with Crippen molar-refractivity contribution < 1.29 is 9.32 Å². The van der Waals surface area contributed by atoms with Gasteiger partial charge in [-0.05, 0) is 50.4 Å². The molecule has 3 rings (SSSR count). The highest BCUT2D eigenvalue weighted by atomic mass is 35.5. The van der Waals surface area contributed by atoms with Crippen molar-refractivity contribution in [3.63, 3.8) is 0 Å². The molecule has 1 atom stereocenters. The molecule has 0 bridgehead atoms. The van der Waals surface area contributed by atoms with Gasteiger partial charge in [-0.3, -0.25) is 4.79 Å². The molecular weight excluding hydrogens is 314 g/mol. The number of carbonyl (C=O) groups is 1. The minimum absolute atomic E-state index is 0.224. The molecule has 1 aromatic heterocycles. The van der Waals surface area contributed by atoms with Crippen LogP contribution in [0.3, 0.4) is 0 Å². The number of aromatic nitrogens is 1. The molecule has 0 saturated carbocycles. The van der Waals surface area contributed by atoms with Gasteiger partial charge in [-0.1, -0.05) is 28.9 Å². The van der Waals surface area contributed by atoms with E-state index in [0.717, 1.165) is 25.1 Å². The van der Waals surface area contributed by atoms with Crippen LogP contribution < -0.4 is 10.6 Å². The first-order chi connectivity index (χ1) is 11.2. The lowest BCUT2D eigenvalue weighted by atomic mass is 9.96. The van der Waals surface area contributed by atoms with Crippen molar-refractivity contribution in [2.75, 3.05) is 19.6 Å². The van der Waals surface area contributed by atoms with Crippen LogP contribution in [0.4, 0.5) is 0 Å². The van der Waals surface area contributed by atoms with Gasteiger partial charge >= 0.3 is 0 Å². The molecule has 0 radical (unpaired) electrons. The van der Waals surface area contributed by atoms with Crippen molar-refractivity contribution in [3.8, 4) is 11.3 Å². The number of nitrogens with zero attached hydrogens (tertiary/aromatic N) is 1. The summed E-state index contributed by atoms with van der Waals surface area (Å²) in [5.41, 5.74) is 1.43. The number of hydrogen-bond donors (Lipinski definition) is 2. The van der Waals surface area contributed by atoms with Crippen molar-refractivity contribution in [2.24, 2.45) is 5.92 Å². The molecule has 2 N–H and O–H groups in total. The third-order valence-electron chi connectivity index (χ3n) is 4.09. The maximum atomic E-state index is 12.1. The van der Waals surface area contributed by atoms with Gasteiger partial charge in [-0.2, -0.15) is 0 Å². The molecule has 2 aromatic rings. The van der Waals surface area contributed by atoms with Crippen LogP contribution in [0.25, 0.3) is 11.3 Å². The van der Waals surface area contributed by atoms with Gasteiger partial charge in [0.1, 0.15) is 5.69 Å². The predicted octanol–water partition coefficient (Wildman–Crippen LogP) is 3.11. The normalized spacial score (nSPS) is 17.9. The van der Waals surface area contributed by atoms with Gasteiger partial charge in [0, 0.05) is 23.2 Å². The van der Waals surface area contributed by atoms with Gasteiger partial charge in [0.2, 0.25) is 5.76 Å². The van der Waals surface area contributed by atoms with Crippen LogP contribution in [-0.4, -0.2) is 30.7 Å². The molecule has 5 nitrogen and oxygen atoms in total. The molecule has 1 aromatic carbocycles. The highest BCUT2D eigenvalue weighted by molar-refractivity contribution is 6.30. The number of carbonyl (C=O) groups excluding carboxylic acids is 1. The first kappa shape index (κ1) is 16.0. The highest BCUT2D eigenvalue weighted by Crippen LogP contribution is 2.22. The summed E-state index contributed by atoms with van der Waals surface area (Å²) in [5.74, 6) is 0.636. The fourth-order valence-corrected chi connectivity index (χ4v) is 3.00. The second-order valence-electron chi connectivity index (χ2n) is 5.84. The van der Waals surface area contributed by atoms with Crippen LogP contribution in [0.1, 0.15) is 29.8 Å². The minimum Gasteiger partial charge on any atom is -0.350 e. The largest absolute Gasteiger partial charge is 0.350 e. The molecule has 1 fully saturated rings. The van der Waals surface area contributed by atoms with Gasteiger partial charge in [0.25, 0.3) is 5.91 Å². The Labute approximate surface area is 140 Å². The number of halogens is 1. The molecule has 122 valence electrons. The van der Waals surface area contributed by atoms with Crippen molar-refractivity contribution in [1.29, 1.82) is 0 Å². The Morgan fingerprint density at radius 1 is 1.43 bits per heavy atom. The minimum atomic E-state index is -0.227. The van der Waals surface area contributed by atoms with Crippen LogP contribution >= 0.6 is 11.6 Å². The molecule has 0 aliphatic carbocycles. The van der Waals surface area contributed by atoms with Gasteiger partial charge in [-0.15, -0.1) is 0 Å². The summed E-state index contributed by atoms with van der Waals surface area (Å²) in [6.45, 7) is 2.79. The molecule has 1 amide bonds. The van der Waals surface area contributed by atoms with Gasteiger partial charge in [0.05, 0.1) is 0 Å². The zero-order valence-electron chi connectivity index (χ0n) is 12.8. The topological polar surface area (TPSA) is 67.2 Å². The molecule has 1 aliphatic rings. The number of amides is 1. The first-order valence-corrected chi connectivity index (χ1v) is 8.32. The molecular formula is C17H20ClN3O2. The maximum absolute atomic E-state index is 12.1. The quantitative estimate of drug-likeness (QED) is 0.882. The summed E-state index contributed by atoms with van der Waals surface area (Å²) in [5, 5.41) is 10.8. The van der Waals surface area contributed by atoms with Crippen LogP contribution in [0.2, 0.25) is 5.02 Å². The lowest BCUT2D eigenvalue weighted by Gasteiger charge is -2.22. The van der Waals surface area contributed by atoms with E-state index in [9.17, 15) is 4.79 Å². The second-order valence-corrected chi connectivity index (χ2v) is 6.28. The Bertz CT molecular complexity index is 665. The highest BCUT2D eigenvalue weighted by Gasteiger charge is 2.16. The fourth-order valence-electron chi connectivity index (χ4n) is 2.81. The Balaban J connectivity index is 1.54. The number of nitrogens with one attached hydrogen (secondary N) is 2. The van der Waals surface area contributed by atoms with Gasteiger partial charge in [-0.25, -0.2) is 0 Å². The summed E-state index contributed by atoms with van der Waals surface area (Å²) in [7, 11) is 0. The van der Waals surface area contributed by atoms with E-state index < -0.39 is 0 Å². The summed E-state index contributed by atoms with van der Waals surface area (Å²) >= 11 is 5.96. The Morgan fingerprint density at radius 3 is 3.13 bits per heavy atom. The summed E-state index contributed by atoms with van der Waals surface area (Å²) in [6, 6.07) is 8.94. The number of hydrogen-bond acceptors (Lipinski definition) is 4. The molecule has 1 unspecified atom stereocenters. The zero-order valence-corrected chi connectivity index (χ0v) is 13.6. The molecule has 23 heavy (non-hydrogen) atoms. The smallest absolute Gasteiger partial charge is 0.289 e. The van der Waals surface area contributed by atoms with Gasteiger partial charge < -0.3 is 15.2 Å². The first-order valence-electron chi connectivity index (χ1n) is 7.94. The number of piperidine rings is 1. The predicted molar refractivity (Wildman–Crippen MR) is 89.5 cm³/mol. The van der Waals surface area contributed by atoms with Crippen molar-refractivity contribution in [2.45, 2.75) is 19.3 Å². The van der Waals surface area contributed by atoms with Crippen LogP contribution in [0.5, 0.6) is 0 Å². The average Bonchev–Trinajstić information content (AvgIpc) is 3.06. The van der Waals surface area contributed by atoms with Crippen LogP contribution in [0, 0.1) is 5.92 Å². The Morgan fingerprint density at radius 2 is 2.35 bits per heavy atom. The van der Waals surface area contributed by atoms with E-state index in [2.05, 4.69) is 15.8 Å². The third-order valence-corrected chi connectivity index (χ3v) is 4.33. The second kappa shape index (κ2) is 7.62. The summed E-state index contributed by atoms with van der Waals surface area (Å²) in [4.78, 5) is 12.1. The van der Waals surface area contributed by atoms with Crippen LogP contribution in [-0.2, 0) is 0 Å². The fraction of sp³-hybridized carbons (Fsp3) is 0.412. The number of rotatable bonds is 5. The van der Waals surface area contributed by atoms with E-state index in [1.807, 2.05) is 12.1 Å². The average molecular weight is 334 g/mol. The lowest BCUT2D eigenvalue weighted by Crippen LogP contribution is -2.33. The standard InChI is InChI=1S/C17H20ClN3O2/c18-14-5-1-4-13(9-14)15-10-16(23-21-15)17(22)20-8-6-12-3-2-7-19-11-12/h1,4-5,9-10,12,19H,2-3,6-8,11H2,(H,20,22). The number of benzene rings is 1. The maximum Gasteiger partial charge on any atom is 0.289 e. The summed E-state index contributed by atoms with van der Waals surface area (Å²) < 4.78 is 5.15. The SMILES string of the molecule is O=C(NCCC1CCCNC1)c1cc(-c2cccc(Cl)c2)no1. The van der Waals surface area contributed by atoms with Crippen molar-refractivity contribution in [1.82, 2.24) is 15.8 Å². The molecule has 1 saturated heterocycles. The molecule has 2 heterocycles. The molecule has 6 heteroatoms. The zero-order chi connectivity index (χ0) is 16.1. The van der Waals surface area contributed by atoms with Gasteiger partial charge in [0.15, 0.2) is 0 Å². The van der Waals surface area contributed by atoms with E-state index >= 15 is 0 Å². The monoisotopic (exact) mass is 333 g/mol. The van der Waals surface area contributed by atoms with E-state index in [4.69, 9.17) is 16.1 Å². The lowest BCUT2D eigenvalue weighted by molar-refractivity contribution is 0.0914. The third kappa shape index (κ3) is 4.33. The molecule has 0 spiro atoms. The summed E-state index contributed by atoms with van der Waals surface area (Å²) in [6.07, 6.45) is 3.42. The van der Waals surface area contributed by atoms with E-state index in [1.165, 1.54) is 12.8 Å². The Kier molecular flexibility index (Phi) is 5.31. The van der Waals surface area contributed by atoms with E-state index in [1.54, 1.807) is 18.2 Å².